The summed E-state index contributed by atoms with van der Waals surface area (Å²) in [4.78, 5) is 14.8. The molecule has 1 fully saturated rings. The van der Waals surface area contributed by atoms with Crippen molar-refractivity contribution in [1.29, 1.82) is 0 Å². The van der Waals surface area contributed by atoms with Gasteiger partial charge in [0.25, 0.3) is 0 Å². The molecule has 1 aliphatic rings. The fourth-order valence-electron chi connectivity index (χ4n) is 0.630. The summed E-state index contributed by atoms with van der Waals surface area (Å²) in [6, 6.07) is 0. The minimum Gasteiger partial charge on any atom is -0.481 e. The van der Waals surface area contributed by atoms with E-state index in [1.165, 1.54) is 0 Å². The van der Waals surface area contributed by atoms with Crippen LogP contribution in [0, 0.1) is 0 Å². The third-order valence-electron chi connectivity index (χ3n) is 1.04. The molecule has 0 radical (unpaired) electrons. The van der Waals surface area contributed by atoms with Crippen LogP contribution in [0.5, 0.6) is 0 Å². The minimum atomic E-state index is -0.750. The molecule has 0 bridgehead atoms. The van der Waals surface area contributed by atoms with Crippen molar-refractivity contribution in [2.24, 2.45) is 0 Å². The Balaban J connectivity index is 2.19. The molecule has 1 rings (SSSR count). The van der Waals surface area contributed by atoms with Gasteiger partial charge in [0.05, 0.1) is 13.0 Å². The van der Waals surface area contributed by atoms with Crippen LogP contribution in [-0.2, 0) is 9.63 Å². The van der Waals surface area contributed by atoms with E-state index in [1.807, 2.05) is 0 Å². The molecule has 1 heterocycles. The monoisotopic (exact) mass is 149 g/mol. The first-order chi connectivity index (χ1) is 4.29. The lowest BCUT2D eigenvalue weighted by atomic mass is 10.3. The van der Waals surface area contributed by atoms with E-state index in [9.17, 15) is 4.79 Å². The Morgan fingerprint density at radius 3 is 3.22 bits per heavy atom. The molecule has 0 aromatic carbocycles. The zero-order chi connectivity index (χ0) is 6.69. The Bertz CT molecular complexity index is 112. The second kappa shape index (κ2) is 3.11. The zero-order valence-corrected chi connectivity index (χ0v) is 5.76. The van der Waals surface area contributed by atoms with Crippen LogP contribution in [0.4, 0.5) is 0 Å². The van der Waals surface area contributed by atoms with Crippen LogP contribution in [0.2, 0.25) is 0 Å². The fraction of sp³-hybridized carbons (Fsp3) is 0.750. The van der Waals surface area contributed by atoms with E-state index in [2.05, 4.69) is 5.25 Å². The van der Waals surface area contributed by atoms with E-state index in [1.54, 1.807) is 0 Å². The number of aliphatic carboxylic acids is 1. The van der Waals surface area contributed by atoms with Gasteiger partial charge in [0.2, 0.25) is 0 Å². The lowest BCUT2D eigenvalue weighted by Gasteiger charge is -1.98. The summed E-state index contributed by atoms with van der Waals surface area (Å²) < 4.78 is 0. The van der Waals surface area contributed by atoms with Gasteiger partial charge in [-0.1, -0.05) is 0 Å². The molecule has 0 amide bonds. The Morgan fingerprint density at radius 1 is 2.00 bits per heavy atom. The number of hydrogen-bond acceptors (Lipinski definition) is 3. The summed E-state index contributed by atoms with van der Waals surface area (Å²) in [6.45, 7) is 0.532. The first-order valence-electron chi connectivity index (χ1n) is 2.63. The van der Waals surface area contributed by atoms with Crippen molar-refractivity contribution < 1.29 is 14.7 Å². The number of carboxylic acids is 1. The molecule has 4 nitrogen and oxygen atoms in total. The summed E-state index contributed by atoms with van der Waals surface area (Å²) in [6.07, 6.45) is 0.214. The Hall–Kier alpha value is -0.180. The molecule has 9 heavy (non-hydrogen) atoms. The summed E-state index contributed by atoms with van der Waals surface area (Å²) in [5.74, 6) is -0.750. The van der Waals surface area contributed by atoms with Crippen LogP contribution in [0.1, 0.15) is 6.42 Å². The normalized spacial score (nSPS) is 29.1. The van der Waals surface area contributed by atoms with Crippen molar-refractivity contribution in [3.05, 3.63) is 0 Å². The third kappa shape index (κ3) is 2.26. The van der Waals surface area contributed by atoms with Gasteiger partial charge in [0, 0.05) is 5.66 Å². The average Bonchev–Trinajstić information content (AvgIpc) is 2.15. The van der Waals surface area contributed by atoms with Crippen molar-refractivity contribution in [1.82, 2.24) is 5.25 Å². The quantitative estimate of drug-likeness (QED) is 0.541. The molecule has 5 heteroatoms. The predicted molar refractivity (Wildman–Crippen MR) is 33.4 cm³/mol. The summed E-state index contributed by atoms with van der Waals surface area (Å²) in [5.41, 5.74) is 0.183. The second-order valence-corrected chi connectivity index (χ2v) is 3.16. The van der Waals surface area contributed by atoms with Crippen molar-refractivity contribution in [3.8, 4) is 0 Å². The van der Waals surface area contributed by atoms with Gasteiger partial charge in [-0.05, 0) is 8.73 Å². The molecule has 2 atom stereocenters. The highest BCUT2D eigenvalue weighted by molar-refractivity contribution is 7.36. The Kier molecular flexibility index (Phi) is 2.39. The molecule has 0 aliphatic carbocycles. The molecule has 0 spiro atoms. The standard InChI is InChI=1S/C4H8NO3P/c6-4(7)1-3-2-8-5-9-3/h3,5,9H,1-2H2,(H,6,7). The maximum atomic E-state index is 10.1. The highest BCUT2D eigenvalue weighted by Crippen LogP contribution is 2.23. The number of carboxylic acid groups (broad SMARTS) is 1. The molecule has 1 aliphatic heterocycles. The smallest absolute Gasteiger partial charge is 0.304 e. The van der Waals surface area contributed by atoms with Crippen molar-refractivity contribution in [3.63, 3.8) is 0 Å². The highest BCUT2D eigenvalue weighted by Gasteiger charge is 2.18. The van der Waals surface area contributed by atoms with Crippen LogP contribution < -0.4 is 5.25 Å². The zero-order valence-electron chi connectivity index (χ0n) is 4.76. The van der Waals surface area contributed by atoms with Gasteiger partial charge in [-0.3, -0.25) is 9.63 Å². The van der Waals surface area contributed by atoms with Gasteiger partial charge in [0.1, 0.15) is 0 Å². The van der Waals surface area contributed by atoms with E-state index in [-0.39, 0.29) is 12.1 Å². The first-order valence-corrected chi connectivity index (χ1v) is 3.71. The minimum absolute atomic E-state index is 0.183. The summed E-state index contributed by atoms with van der Waals surface area (Å²) in [7, 11) is 0.439. The second-order valence-electron chi connectivity index (χ2n) is 1.85. The number of rotatable bonds is 2. The Labute approximate surface area is 54.4 Å². The SMILES string of the molecule is O=C(O)CC1CONP1. The van der Waals surface area contributed by atoms with Crippen LogP contribution >= 0.6 is 8.73 Å². The molecule has 0 saturated carbocycles. The average molecular weight is 149 g/mol. The maximum Gasteiger partial charge on any atom is 0.304 e. The molecule has 52 valence electrons. The van der Waals surface area contributed by atoms with Crippen molar-refractivity contribution in [2.75, 3.05) is 6.61 Å². The summed E-state index contributed by atoms with van der Waals surface area (Å²) >= 11 is 0. The van der Waals surface area contributed by atoms with E-state index in [4.69, 9.17) is 9.94 Å². The fourth-order valence-corrected chi connectivity index (χ4v) is 1.41. The number of hydrogen-bond donors (Lipinski definition) is 2. The van der Waals surface area contributed by atoms with Crippen LogP contribution in [0.15, 0.2) is 0 Å². The molecular formula is C4H8NO3P. The first kappa shape index (κ1) is 6.93. The van der Waals surface area contributed by atoms with Gasteiger partial charge in [-0.25, -0.2) is 0 Å². The Morgan fingerprint density at radius 2 is 2.78 bits per heavy atom. The predicted octanol–water partition coefficient (Wildman–Crippen LogP) is -0.0420. The van der Waals surface area contributed by atoms with Gasteiger partial charge >= 0.3 is 5.97 Å². The molecule has 0 aromatic heterocycles. The van der Waals surface area contributed by atoms with Gasteiger partial charge in [0.15, 0.2) is 0 Å². The topological polar surface area (TPSA) is 58.6 Å². The van der Waals surface area contributed by atoms with E-state index < -0.39 is 5.97 Å². The van der Waals surface area contributed by atoms with Gasteiger partial charge in [-0.15, -0.1) is 0 Å². The summed E-state index contributed by atoms with van der Waals surface area (Å²) in [5, 5.41) is 10.9. The third-order valence-corrected chi connectivity index (χ3v) is 2.08. The lowest BCUT2D eigenvalue weighted by Crippen LogP contribution is -2.08. The highest BCUT2D eigenvalue weighted by atomic mass is 31.1. The largest absolute Gasteiger partial charge is 0.481 e. The van der Waals surface area contributed by atoms with Crippen molar-refractivity contribution >= 4 is 14.7 Å². The molecule has 1 saturated heterocycles. The van der Waals surface area contributed by atoms with Crippen LogP contribution in [0.25, 0.3) is 0 Å². The van der Waals surface area contributed by atoms with Gasteiger partial charge < -0.3 is 5.11 Å². The van der Waals surface area contributed by atoms with E-state index in [0.29, 0.717) is 15.3 Å². The number of nitrogens with one attached hydrogen (secondary N) is 1. The molecule has 2 unspecified atom stereocenters. The van der Waals surface area contributed by atoms with Crippen LogP contribution in [-0.4, -0.2) is 23.3 Å². The molecule has 2 N–H and O–H groups in total. The number of carbonyl (C=O) groups is 1. The lowest BCUT2D eigenvalue weighted by molar-refractivity contribution is -0.137. The van der Waals surface area contributed by atoms with E-state index >= 15 is 0 Å². The van der Waals surface area contributed by atoms with Crippen LogP contribution in [0.3, 0.4) is 0 Å². The molecular weight excluding hydrogens is 141 g/mol. The van der Waals surface area contributed by atoms with Crippen molar-refractivity contribution in [2.45, 2.75) is 12.1 Å². The van der Waals surface area contributed by atoms with E-state index in [0.717, 1.165) is 0 Å². The molecule has 0 aromatic rings. The van der Waals surface area contributed by atoms with Gasteiger partial charge in [-0.2, -0.15) is 5.25 Å². The maximum absolute atomic E-state index is 10.1.